The van der Waals surface area contributed by atoms with Gasteiger partial charge in [0, 0.05) is 5.92 Å². The van der Waals surface area contributed by atoms with Crippen LogP contribution in [0.2, 0.25) is 0 Å². The van der Waals surface area contributed by atoms with E-state index in [1.165, 1.54) is 18.2 Å². The largest absolute Gasteiger partial charge is 0.416 e. The Balaban J connectivity index is 1.91. The van der Waals surface area contributed by atoms with Gasteiger partial charge in [0.1, 0.15) is 6.23 Å². The topological polar surface area (TPSA) is 61.4 Å². The highest BCUT2D eigenvalue weighted by atomic mass is 19.4. The lowest BCUT2D eigenvalue weighted by atomic mass is 9.79. The van der Waals surface area contributed by atoms with Gasteiger partial charge >= 0.3 is 6.18 Å². The van der Waals surface area contributed by atoms with Crippen molar-refractivity contribution in [1.29, 1.82) is 0 Å². The third-order valence-corrected chi connectivity index (χ3v) is 4.74. The quantitative estimate of drug-likeness (QED) is 0.690. The molecular formula is C19H17F5N2O2. The van der Waals surface area contributed by atoms with Crippen molar-refractivity contribution in [3.8, 4) is 0 Å². The molecule has 1 saturated heterocycles. The lowest BCUT2D eigenvalue weighted by Crippen LogP contribution is -2.50. The molecule has 1 fully saturated rings. The maximum absolute atomic E-state index is 13.8. The van der Waals surface area contributed by atoms with Gasteiger partial charge in [-0.15, -0.1) is 0 Å². The fourth-order valence-corrected chi connectivity index (χ4v) is 3.38. The van der Waals surface area contributed by atoms with Crippen LogP contribution in [-0.2, 0) is 11.0 Å². The van der Waals surface area contributed by atoms with Crippen molar-refractivity contribution >= 4 is 11.6 Å². The Morgan fingerprint density at radius 1 is 1.14 bits per heavy atom. The monoisotopic (exact) mass is 400 g/mol. The molecule has 9 heteroatoms. The summed E-state index contributed by atoms with van der Waals surface area (Å²) in [5.41, 5.74) is -1.05. The van der Waals surface area contributed by atoms with E-state index >= 15 is 0 Å². The van der Waals surface area contributed by atoms with Gasteiger partial charge in [-0.25, -0.2) is 8.78 Å². The maximum Gasteiger partial charge on any atom is 0.416 e. The second-order valence-corrected chi connectivity index (χ2v) is 6.53. The first-order valence-corrected chi connectivity index (χ1v) is 8.52. The first-order valence-electron chi connectivity index (χ1n) is 8.52. The number of carbonyl (C=O) groups excluding carboxylic acids is 1. The van der Waals surface area contributed by atoms with Crippen LogP contribution >= 0.6 is 0 Å². The fraction of sp³-hybridized carbons (Fsp3) is 0.316. The second-order valence-electron chi connectivity index (χ2n) is 6.53. The van der Waals surface area contributed by atoms with Crippen molar-refractivity contribution in [1.82, 2.24) is 5.32 Å². The normalized spacial score (nSPS) is 22.7. The number of aliphatic hydroxyl groups is 1. The first-order chi connectivity index (χ1) is 13.2. The maximum atomic E-state index is 13.8. The van der Waals surface area contributed by atoms with Crippen LogP contribution in [0.15, 0.2) is 42.5 Å². The van der Waals surface area contributed by atoms with Crippen LogP contribution in [-0.4, -0.2) is 23.8 Å². The molecule has 0 radical (unpaired) electrons. The molecule has 2 aromatic rings. The molecule has 0 bridgehead atoms. The van der Waals surface area contributed by atoms with Gasteiger partial charge in [-0.05, 0) is 36.7 Å². The zero-order chi connectivity index (χ0) is 20.5. The standard InChI is InChI=1S/C19H17F5N2O2/c20-13-5-2-6-14(16(13)21)26-18(28)15-12(7-8-25-17(15)27)10-3-1-4-11(9-10)19(22,23)24/h1-6,9,12,15,17,25,27H,7-8H2,(H,26,28). The predicted octanol–water partition coefficient (Wildman–Crippen LogP) is 3.63. The molecule has 28 heavy (non-hydrogen) atoms. The number of aliphatic hydroxyl groups excluding tert-OH is 1. The van der Waals surface area contributed by atoms with Gasteiger partial charge in [0.05, 0.1) is 17.2 Å². The number of benzene rings is 2. The molecule has 150 valence electrons. The minimum Gasteiger partial charge on any atom is -0.378 e. The summed E-state index contributed by atoms with van der Waals surface area (Å²) < 4.78 is 66.2. The summed E-state index contributed by atoms with van der Waals surface area (Å²) in [6, 6.07) is 7.76. The van der Waals surface area contributed by atoms with E-state index < -0.39 is 53.0 Å². The Kier molecular flexibility index (Phi) is 5.66. The molecule has 1 aliphatic rings. The highest BCUT2D eigenvalue weighted by Crippen LogP contribution is 2.37. The highest BCUT2D eigenvalue weighted by molar-refractivity contribution is 5.93. The van der Waals surface area contributed by atoms with Crippen molar-refractivity contribution in [3.63, 3.8) is 0 Å². The molecule has 0 saturated carbocycles. The van der Waals surface area contributed by atoms with E-state index in [4.69, 9.17) is 0 Å². The molecule has 1 amide bonds. The summed E-state index contributed by atoms with van der Waals surface area (Å²) in [5, 5.41) is 15.1. The van der Waals surface area contributed by atoms with E-state index in [2.05, 4.69) is 10.6 Å². The van der Waals surface area contributed by atoms with Crippen LogP contribution in [0.3, 0.4) is 0 Å². The summed E-state index contributed by atoms with van der Waals surface area (Å²) >= 11 is 0. The Morgan fingerprint density at radius 3 is 2.57 bits per heavy atom. The van der Waals surface area contributed by atoms with Crippen molar-refractivity contribution in [2.45, 2.75) is 24.7 Å². The van der Waals surface area contributed by atoms with Crippen LogP contribution in [0.1, 0.15) is 23.5 Å². The number of rotatable bonds is 3. The molecule has 3 atom stereocenters. The van der Waals surface area contributed by atoms with Gasteiger partial charge in [-0.1, -0.05) is 24.3 Å². The first kappa shape index (κ1) is 20.2. The Labute approximate surface area is 157 Å². The van der Waals surface area contributed by atoms with E-state index in [-0.39, 0.29) is 18.5 Å². The summed E-state index contributed by atoms with van der Waals surface area (Å²) in [7, 11) is 0. The molecular weight excluding hydrogens is 383 g/mol. The number of nitrogens with one attached hydrogen (secondary N) is 2. The number of hydrogen-bond acceptors (Lipinski definition) is 3. The zero-order valence-corrected chi connectivity index (χ0v) is 14.4. The minimum atomic E-state index is -4.55. The molecule has 3 rings (SSSR count). The molecule has 1 aliphatic heterocycles. The fourth-order valence-electron chi connectivity index (χ4n) is 3.38. The lowest BCUT2D eigenvalue weighted by molar-refractivity contribution is -0.137. The third-order valence-electron chi connectivity index (χ3n) is 4.74. The molecule has 0 spiro atoms. The molecule has 0 aliphatic carbocycles. The van der Waals surface area contributed by atoms with E-state index in [9.17, 15) is 31.9 Å². The SMILES string of the molecule is O=C(Nc1cccc(F)c1F)C1C(O)NCCC1c1cccc(C(F)(F)F)c1. The van der Waals surface area contributed by atoms with E-state index in [0.29, 0.717) is 0 Å². The van der Waals surface area contributed by atoms with Gasteiger partial charge < -0.3 is 10.4 Å². The van der Waals surface area contributed by atoms with Crippen molar-refractivity contribution in [2.75, 3.05) is 11.9 Å². The van der Waals surface area contributed by atoms with Gasteiger partial charge in [0.2, 0.25) is 5.91 Å². The molecule has 1 heterocycles. The average molecular weight is 400 g/mol. The van der Waals surface area contributed by atoms with E-state index in [1.807, 2.05) is 0 Å². The lowest BCUT2D eigenvalue weighted by Gasteiger charge is -2.35. The van der Waals surface area contributed by atoms with Gasteiger partial charge in [-0.3, -0.25) is 10.1 Å². The minimum absolute atomic E-state index is 0.232. The van der Waals surface area contributed by atoms with Crippen LogP contribution in [0.5, 0.6) is 0 Å². The Morgan fingerprint density at radius 2 is 1.86 bits per heavy atom. The molecule has 0 aromatic heterocycles. The molecule has 3 unspecified atom stereocenters. The number of anilines is 1. The zero-order valence-electron chi connectivity index (χ0n) is 14.4. The van der Waals surface area contributed by atoms with Gasteiger partial charge in [-0.2, -0.15) is 13.2 Å². The highest BCUT2D eigenvalue weighted by Gasteiger charge is 2.40. The van der Waals surface area contributed by atoms with Crippen molar-refractivity contribution < 1.29 is 31.9 Å². The molecule has 3 N–H and O–H groups in total. The predicted molar refractivity (Wildman–Crippen MR) is 91.3 cm³/mol. The number of hydrogen-bond donors (Lipinski definition) is 3. The van der Waals surface area contributed by atoms with E-state index in [0.717, 1.165) is 24.3 Å². The van der Waals surface area contributed by atoms with Crippen LogP contribution < -0.4 is 10.6 Å². The van der Waals surface area contributed by atoms with Crippen LogP contribution in [0, 0.1) is 17.6 Å². The van der Waals surface area contributed by atoms with Crippen molar-refractivity contribution in [3.05, 3.63) is 65.2 Å². The van der Waals surface area contributed by atoms with Crippen LogP contribution in [0.4, 0.5) is 27.6 Å². The number of carbonyl (C=O) groups is 1. The smallest absolute Gasteiger partial charge is 0.378 e. The summed E-state index contributed by atoms with van der Waals surface area (Å²) in [6.45, 7) is 0.278. The Bertz CT molecular complexity index is 872. The Hall–Kier alpha value is -2.52. The molecule has 4 nitrogen and oxygen atoms in total. The average Bonchev–Trinajstić information content (AvgIpc) is 2.64. The summed E-state index contributed by atoms with van der Waals surface area (Å²) in [5.74, 6) is -5.18. The summed E-state index contributed by atoms with van der Waals surface area (Å²) in [6.07, 6.45) is -5.63. The number of halogens is 5. The van der Waals surface area contributed by atoms with Gasteiger partial charge in [0.25, 0.3) is 0 Å². The van der Waals surface area contributed by atoms with Crippen molar-refractivity contribution in [2.24, 2.45) is 5.92 Å². The van der Waals surface area contributed by atoms with Crippen LogP contribution in [0.25, 0.3) is 0 Å². The third kappa shape index (κ3) is 4.15. The van der Waals surface area contributed by atoms with E-state index in [1.54, 1.807) is 0 Å². The number of piperidine rings is 1. The summed E-state index contributed by atoms with van der Waals surface area (Å²) in [4.78, 5) is 12.7. The number of amides is 1. The molecule has 2 aromatic carbocycles. The van der Waals surface area contributed by atoms with Gasteiger partial charge in [0.15, 0.2) is 11.6 Å². The number of alkyl halides is 3. The second kappa shape index (κ2) is 7.84.